The highest BCUT2D eigenvalue weighted by Gasteiger charge is 2.45. The number of aliphatic hydroxyl groups is 1. The van der Waals surface area contributed by atoms with E-state index in [4.69, 9.17) is 9.47 Å². The molecule has 21 heavy (non-hydrogen) atoms. The number of hydrogen-bond donors (Lipinski definition) is 1. The molecule has 1 N–H and O–H groups in total. The Balaban J connectivity index is 1.79. The lowest BCUT2D eigenvalue weighted by atomic mass is 9.71. The van der Waals surface area contributed by atoms with Gasteiger partial charge in [0, 0.05) is 19.8 Å². The topological polar surface area (TPSA) is 38.7 Å². The second-order valence-corrected chi connectivity index (χ2v) is 6.49. The fourth-order valence-electron chi connectivity index (χ4n) is 3.62. The highest BCUT2D eigenvalue weighted by Crippen LogP contribution is 2.44. The van der Waals surface area contributed by atoms with Crippen LogP contribution in [0, 0.1) is 11.7 Å². The molecule has 0 bridgehead atoms. The molecule has 2 unspecified atom stereocenters. The van der Waals surface area contributed by atoms with Gasteiger partial charge in [0.05, 0.1) is 11.2 Å². The Morgan fingerprint density at radius 3 is 2.52 bits per heavy atom. The zero-order valence-electron chi connectivity index (χ0n) is 12.5. The smallest absolute Gasteiger partial charge is 0.123 e. The molecule has 1 aromatic rings. The fourth-order valence-corrected chi connectivity index (χ4v) is 3.62. The third-order valence-electron chi connectivity index (χ3n) is 5.12. The minimum absolute atomic E-state index is 0.120. The Bertz CT molecular complexity index is 472. The summed E-state index contributed by atoms with van der Waals surface area (Å²) in [7, 11) is 0. The minimum Gasteiger partial charge on any atom is -0.385 e. The van der Waals surface area contributed by atoms with Crippen LogP contribution in [0.1, 0.15) is 38.2 Å². The highest BCUT2D eigenvalue weighted by molar-refractivity contribution is 5.23. The number of benzene rings is 1. The zero-order chi connectivity index (χ0) is 14.9. The molecule has 116 valence electrons. The molecule has 1 spiro atoms. The second-order valence-electron chi connectivity index (χ2n) is 6.49. The van der Waals surface area contributed by atoms with Crippen LogP contribution in [0.2, 0.25) is 0 Å². The van der Waals surface area contributed by atoms with E-state index in [2.05, 4.69) is 0 Å². The van der Waals surface area contributed by atoms with Crippen LogP contribution in [0.4, 0.5) is 4.39 Å². The molecule has 1 aromatic carbocycles. The lowest BCUT2D eigenvalue weighted by Crippen LogP contribution is -2.48. The van der Waals surface area contributed by atoms with Gasteiger partial charge < -0.3 is 14.6 Å². The first-order valence-corrected chi connectivity index (χ1v) is 7.72. The van der Waals surface area contributed by atoms with Crippen molar-refractivity contribution >= 4 is 0 Å². The molecule has 2 aliphatic rings. The van der Waals surface area contributed by atoms with Crippen LogP contribution in [0.3, 0.4) is 0 Å². The summed E-state index contributed by atoms with van der Waals surface area (Å²) in [6.45, 7) is 3.96. The molecule has 2 aliphatic heterocycles. The normalized spacial score (nSPS) is 28.2. The summed E-state index contributed by atoms with van der Waals surface area (Å²) in [5, 5.41) is 11.0. The van der Waals surface area contributed by atoms with Gasteiger partial charge in [0.1, 0.15) is 5.82 Å². The average Bonchev–Trinajstić information content (AvgIpc) is 2.48. The van der Waals surface area contributed by atoms with Crippen molar-refractivity contribution in [1.82, 2.24) is 0 Å². The molecule has 3 rings (SSSR count). The standard InChI is InChI=1S/C17H23FO3/c1-16(19,13-2-4-15(18)5-3-13)14-6-9-21-17(12-14)7-10-20-11-8-17/h2-5,14,19H,6-12H2,1H3. The van der Waals surface area contributed by atoms with Crippen molar-refractivity contribution in [2.24, 2.45) is 5.92 Å². The Labute approximate surface area is 125 Å². The van der Waals surface area contributed by atoms with Gasteiger partial charge in [-0.15, -0.1) is 0 Å². The first kappa shape index (κ1) is 14.9. The number of hydrogen-bond acceptors (Lipinski definition) is 3. The largest absolute Gasteiger partial charge is 0.385 e. The monoisotopic (exact) mass is 294 g/mol. The van der Waals surface area contributed by atoms with Gasteiger partial charge >= 0.3 is 0 Å². The number of rotatable bonds is 2. The average molecular weight is 294 g/mol. The Morgan fingerprint density at radius 2 is 1.86 bits per heavy atom. The summed E-state index contributed by atoms with van der Waals surface area (Å²) < 4.78 is 24.6. The Hall–Kier alpha value is -0.970. The number of halogens is 1. The zero-order valence-corrected chi connectivity index (χ0v) is 12.5. The Morgan fingerprint density at radius 1 is 1.19 bits per heavy atom. The molecule has 0 aliphatic carbocycles. The lowest BCUT2D eigenvalue weighted by molar-refractivity contribution is -0.174. The molecule has 0 radical (unpaired) electrons. The van der Waals surface area contributed by atoms with Gasteiger partial charge in [-0.1, -0.05) is 12.1 Å². The van der Waals surface area contributed by atoms with Crippen LogP contribution in [0.15, 0.2) is 24.3 Å². The highest BCUT2D eigenvalue weighted by atomic mass is 19.1. The molecule has 0 amide bonds. The molecule has 0 aromatic heterocycles. The fraction of sp³-hybridized carbons (Fsp3) is 0.647. The maximum atomic E-state index is 13.1. The quantitative estimate of drug-likeness (QED) is 0.911. The summed E-state index contributed by atoms with van der Waals surface area (Å²) in [6.07, 6.45) is 3.44. The molecule has 2 fully saturated rings. The van der Waals surface area contributed by atoms with E-state index in [-0.39, 0.29) is 17.3 Å². The maximum absolute atomic E-state index is 13.1. The first-order chi connectivity index (χ1) is 10.0. The van der Waals surface area contributed by atoms with E-state index in [1.807, 2.05) is 6.92 Å². The van der Waals surface area contributed by atoms with Crippen LogP contribution in [0.25, 0.3) is 0 Å². The summed E-state index contributed by atoms with van der Waals surface area (Å²) in [5.74, 6) is -0.155. The summed E-state index contributed by atoms with van der Waals surface area (Å²) in [6, 6.07) is 6.18. The van der Waals surface area contributed by atoms with Gasteiger partial charge in [-0.05, 0) is 56.2 Å². The van der Waals surface area contributed by atoms with Gasteiger partial charge in [0.15, 0.2) is 0 Å². The van der Waals surface area contributed by atoms with E-state index in [0.29, 0.717) is 6.61 Å². The van der Waals surface area contributed by atoms with Crippen molar-refractivity contribution in [3.63, 3.8) is 0 Å². The molecular weight excluding hydrogens is 271 g/mol. The predicted molar refractivity (Wildman–Crippen MR) is 77.4 cm³/mol. The second kappa shape index (κ2) is 5.67. The van der Waals surface area contributed by atoms with Gasteiger partial charge in [-0.25, -0.2) is 4.39 Å². The van der Waals surface area contributed by atoms with Crippen molar-refractivity contribution in [3.05, 3.63) is 35.6 Å². The summed E-state index contributed by atoms with van der Waals surface area (Å²) >= 11 is 0. The van der Waals surface area contributed by atoms with Crippen molar-refractivity contribution in [3.8, 4) is 0 Å². The molecule has 2 heterocycles. The maximum Gasteiger partial charge on any atom is 0.123 e. The van der Waals surface area contributed by atoms with E-state index in [9.17, 15) is 9.50 Å². The van der Waals surface area contributed by atoms with Crippen molar-refractivity contribution in [2.75, 3.05) is 19.8 Å². The van der Waals surface area contributed by atoms with E-state index in [0.717, 1.165) is 44.5 Å². The van der Waals surface area contributed by atoms with Gasteiger partial charge in [0.2, 0.25) is 0 Å². The SMILES string of the molecule is CC(O)(c1ccc(F)cc1)C1CCOC2(CCOCC2)C1. The van der Waals surface area contributed by atoms with Crippen LogP contribution in [-0.2, 0) is 15.1 Å². The third-order valence-corrected chi connectivity index (χ3v) is 5.12. The molecular formula is C17H23FO3. The third kappa shape index (κ3) is 2.98. The van der Waals surface area contributed by atoms with Crippen LogP contribution >= 0.6 is 0 Å². The molecule has 3 nitrogen and oxygen atoms in total. The predicted octanol–water partition coefficient (Wildman–Crippen LogP) is 3.01. The molecule has 2 atom stereocenters. The molecule has 4 heteroatoms. The van der Waals surface area contributed by atoms with Crippen molar-refractivity contribution in [1.29, 1.82) is 0 Å². The number of ether oxygens (including phenoxy) is 2. The van der Waals surface area contributed by atoms with Gasteiger partial charge in [-0.2, -0.15) is 0 Å². The van der Waals surface area contributed by atoms with Crippen molar-refractivity contribution in [2.45, 2.75) is 43.8 Å². The van der Waals surface area contributed by atoms with Crippen LogP contribution in [-0.4, -0.2) is 30.5 Å². The molecule has 0 saturated carbocycles. The van der Waals surface area contributed by atoms with Gasteiger partial charge in [-0.3, -0.25) is 0 Å². The van der Waals surface area contributed by atoms with E-state index < -0.39 is 5.60 Å². The lowest BCUT2D eigenvalue weighted by Gasteiger charge is -2.47. The van der Waals surface area contributed by atoms with E-state index in [1.165, 1.54) is 12.1 Å². The van der Waals surface area contributed by atoms with Gasteiger partial charge in [0.25, 0.3) is 0 Å². The van der Waals surface area contributed by atoms with E-state index in [1.54, 1.807) is 12.1 Å². The van der Waals surface area contributed by atoms with E-state index >= 15 is 0 Å². The summed E-state index contributed by atoms with van der Waals surface area (Å²) in [5.41, 5.74) is -0.327. The first-order valence-electron chi connectivity index (χ1n) is 7.72. The van der Waals surface area contributed by atoms with Crippen LogP contribution < -0.4 is 0 Å². The minimum atomic E-state index is -0.956. The summed E-state index contributed by atoms with van der Waals surface area (Å²) in [4.78, 5) is 0. The molecule has 2 saturated heterocycles. The van der Waals surface area contributed by atoms with Crippen LogP contribution in [0.5, 0.6) is 0 Å². The van der Waals surface area contributed by atoms with Crippen molar-refractivity contribution < 1.29 is 19.0 Å². The Kier molecular flexibility index (Phi) is 4.04.